The summed E-state index contributed by atoms with van der Waals surface area (Å²) in [6, 6.07) is 13.1. The molecule has 0 spiro atoms. The van der Waals surface area contributed by atoms with Gasteiger partial charge in [0.25, 0.3) is 0 Å². The average molecular weight is 451 g/mol. The van der Waals surface area contributed by atoms with Crippen LogP contribution in [0.1, 0.15) is 24.4 Å². The molecule has 1 atom stereocenters. The average Bonchev–Trinajstić information content (AvgIpc) is 2.74. The van der Waals surface area contributed by atoms with Crippen molar-refractivity contribution in [1.29, 1.82) is 0 Å². The lowest BCUT2D eigenvalue weighted by Gasteiger charge is -2.31. The zero-order valence-corrected chi connectivity index (χ0v) is 18.7. The maximum absolute atomic E-state index is 12.8. The Hall–Kier alpha value is -2.00. The minimum atomic E-state index is -3.71. The van der Waals surface area contributed by atoms with Gasteiger partial charge in [-0.25, -0.2) is 13.4 Å². The second-order valence-corrected chi connectivity index (χ2v) is 9.87. The Kier molecular flexibility index (Phi) is 7.46. The standard InChI is InChI=1S/C21H27ClN4O3S/c1-25(2)18(16-7-4-3-5-8-16)15-24-21(27)17-10-13-26(14-11-17)30(28,29)19-9-6-12-23-20(19)22/h3-9,12,17-18H,10-11,13-15H2,1-2H3,(H,24,27). The Bertz CT molecular complexity index is 961. The molecule has 162 valence electrons. The Morgan fingerprint density at radius 2 is 1.87 bits per heavy atom. The third-order valence-electron chi connectivity index (χ3n) is 5.44. The number of nitrogens with zero attached hydrogens (tertiary/aromatic N) is 3. The molecule has 1 amide bonds. The van der Waals surface area contributed by atoms with Gasteiger partial charge < -0.3 is 10.2 Å². The van der Waals surface area contributed by atoms with Gasteiger partial charge in [0, 0.05) is 31.7 Å². The number of rotatable bonds is 7. The van der Waals surface area contributed by atoms with Gasteiger partial charge in [0.2, 0.25) is 15.9 Å². The molecule has 1 aliphatic rings. The van der Waals surface area contributed by atoms with Crippen LogP contribution in [0.4, 0.5) is 0 Å². The van der Waals surface area contributed by atoms with Crippen molar-refractivity contribution < 1.29 is 13.2 Å². The molecule has 1 unspecified atom stereocenters. The predicted molar refractivity (Wildman–Crippen MR) is 117 cm³/mol. The summed E-state index contributed by atoms with van der Waals surface area (Å²) in [6.07, 6.45) is 2.40. The molecular formula is C21H27ClN4O3S. The Morgan fingerprint density at radius 3 is 2.47 bits per heavy atom. The van der Waals surface area contributed by atoms with Crippen LogP contribution in [0.2, 0.25) is 5.15 Å². The second-order valence-electron chi connectivity index (χ2n) is 7.61. The zero-order chi connectivity index (χ0) is 21.7. The molecular weight excluding hydrogens is 424 g/mol. The van der Waals surface area contributed by atoms with Crippen LogP contribution in [-0.2, 0) is 14.8 Å². The Balaban J connectivity index is 1.57. The van der Waals surface area contributed by atoms with Gasteiger partial charge in [-0.2, -0.15) is 4.31 Å². The number of nitrogens with one attached hydrogen (secondary N) is 1. The Morgan fingerprint density at radius 1 is 1.20 bits per heavy atom. The van der Waals surface area contributed by atoms with E-state index in [0.29, 0.717) is 19.4 Å². The van der Waals surface area contributed by atoms with Gasteiger partial charge in [-0.1, -0.05) is 41.9 Å². The van der Waals surface area contributed by atoms with Crippen LogP contribution in [0.3, 0.4) is 0 Å². The highest BCUT2D eigenvalue weighted by atomic mass is 35.5. The van der Waals surface area contributed by atoms with E-state index in [1.165, 1.54) is 16.6 Å². The number of carbonyl (C=O) groups excluding carboxylic acids is 1. The molecule has 1 aromatic heterocycles. The van der Waals surface area contributed by atoms with Gasteiger partial charge in [0.15, 0.2) is 0 Å². The molecule has 1 N–H and O–H groups in total. The number of hydrogen-bond acceptors (Lipinski definition) is 5. The first-order valence-electron chi connectivity index (χ1n) is 9.90. The lowest BCUT2D eigenvalue weighted by molar-refractivity contribution is -0.126. The molecule has 1 saturated heterocycles. The zero-order valence-electron chi connectivity index (χ0n) is 17.2. The van der Waals surface area contributed by atoms with Crippen LogP contribution in [0.25, 0.3) is 0 Å². The molecule has 1 fully saturated rings. The fourth-order valence-corrected chi connectivity index (χ4v) is 5.57. The fraction of sp³-hybridized carbons (Fsp3) is 0.429. The first kappa shape index (κ1) is 22.7. The van der Waals surface area contributed by atoms with Crippen molar-refractivity contribution in [2.75, 3.05) is 33.7 Å². The molecule has 1 aliphatic heterocycles. The van der Waals surface area contributed by atoms with Crippen molar-refractivity contribution in [2.24, 2.45) is 5.92 Å². The summed E-state index contributed by atoms with van der Waals surface area (Å²) < 4.78 is 27.0. The minimum Gasteiger partial charge on any atom is -0.354 e. The normalized spacial score (nSPS) is 17.1. The molecule has 0 bridgehead atoms. The summed E-state index contributed by atoms with van der Waals surface area (Å²) in [6.45, 7) is 1.06. The quantitative estimate of drug-likeness (QED) is 0.655. The molecule has 2 aromatic rings. The van der Waals surface area contributed by atoms with Gasteiger partial charge >= 0.3 is 0 Å². The molecule has 0 aliphatic carbocycles. The monoisotopic (exact) mass is 450 g/mol. The molecule has 7 nitrogen and oxygen atoms in total. The number of amides is 1. The molecule has 0 radical (unpaired) electrons. The largest absolute Gasteiger partial charge is 0.354 e. The van der Waals surface area contributed by atoms with E-state index in [2.05, 4.69) is 15.2 Å². The lowest BCUT2D eigenvalue weighted by Crippen LogP contribution is -2.44. The second kappa shape index (κ2) is 9.87. The van der Waals surface area contributed by atoms with Crippen molar-refractivity contribution in [1.82, 2.24) is 19.5 Å². The van der Waals surface area contributed by atoms with Crippen LogP contribution in [0.15, 0.2) is 53.6 Å². The van der Waals surface area contributed by atoms with Gasteiger partial charge in [-0.05, 0) is 44.6 Å². The minimum absolute atomic E-state index is 0.00579. The van der Waals surface area contributed by atoms with Crippen molar-refractivity contribution in [3.63, 3.8) is 0 Å². The number of sulfonamides is 1. The highest BCUT2D eigenvalue weighted by Crippen LogP contribution is 2.27. The number of piperidine rings is 1. The van der Waals surface area contributed by atoms with E-state index in [9.17, 15) is 13.2 Å². The van der Waals surface area contributed by atoms with Crippen LogP contribution in [0.5, 0.6) is 0 Å². The first-order chi connectivity index (χ1) is 14.3. The maximum Gasteiger partial charge on any atom is 0.246 e. The highest BCUT2D eigenvalue weighted by Gasteiger charge is 2.33. The van der Waals surface area contributed by atoms with E-state index in [4.69, 9.17) is 11.6 Å². The van der Waals surface area contributed by atoms with Crippen LogP contribution in [0, 0.1) is 5.92 Å². The molecule has 3 rings (SSSR count). The van der Waals surface area contributed by atoms with E-state index in [1.807, 2.05) is 44.4 Å². The molecule has 30 heavy (non-hydrogen) atoms. The van der Waals surface area contributed by atoms with Crippen molar-refractivity contribution in [3.05, 3.63) is 59.4 Å². The van der Waals surface area contributed by atoms with E-state index in [1.54, 1.807) is 6.07 Å². The van der Waals surface area contributed by atoms with Crippen LogP contribution in [-0.4, -0.2) is 62.2 Å². The van der Waals surface area contributed by atoms with E-state index < -0.39 is 10.0 Å². The molecule has 0 saturated carbocycles. The van der Waals surface area contributed by atoms with Gasteiger partial charge in [0.05, 0.1) is 6.04 Å². The van der Waals surface area contributed by atoms with Gasteiger partial charge in [0.1, 0.15) is 10.0 Å². The fourth-order valence-electron chi connectivity index (χ4n) is 3.68. The smallest absolute Gasteiger partial charge is 0.246 e. The van der Waals surface area contributed by atoms with Crippen LogP contribution < -0.4 is 5.32 Å². The number of likely N-dealkylation sites (N-methyl/N-ethyl adjacent to an activating group) is 1. The maximum atomic E-state index is 12.8. The SMILES string of the molecule is CN(C)C(CNC(=O)C1CCN(S(=O)(=O)c2cccnc2Cl)CC1)c1ccccc1. The van der Waals surface area contributed by atoms with Crippen molar-refractivity contribution in [3.8, 4) is 0 Å². The molecule has 1 aromatic carbocycles. The molecule has 9 heteroatoms. The highest BCUT2D eigenvalue weighted by molar-refractivity contribution is 7.89. The predicted octanol–water partition coefficient (Wildman–Crippen LogP) is 2.55. The van der Waals surface area contributed by atoms with E-state index in [-0.39, 0.29) is 41.0 Å². The summed E-state index contributed by atoms with van der Waals surface area (Å²) in [5.74, 6) is -0.242. The number of pyridine rings is 1. The number of halogens is 1. The topological polar surface area (TPSA) is 82.6 Å². The molecule has 2 heterocycles. The third-order valence-corrected chi connectivity index (χ3v) is 7.79. The number of aromatic nitrogens is 1. The number of benzene rings is 1. The number of hydrogen-bond donors (Lipinski definition) is 1. The van der Waals surface area contributed by atoms with Gasteiger partial charge in [-0.15, -0.1) is 0 Å². The third kappa shape index (κ3) is 5.18. The summed E-state index contributed by atoms with van der Waals surface area (Å²) in [4.78, 5) is 18.6. The van der Waals surface area contributed by atoms with Gasteiger partial charge in [-0.3, -0.25) is 4.79 Å². The first-order valence-corrected chi connectivity index (χ1v) is 11.7. The number of carbonyl (C=O) groups is 1. The van der Waals surface area contributed by atoms with Crippen molar-refractivity contribution >= 4 is 27.5 Å². The Labute approximate surface area is 183 Å². The van der Waals surface area contributed by atoms with E-state index >= 15 is 0 Å². The summed E-state index contributed by atoms with van der Waals surface area (Å²) in [7, 11) is 0.251. The summed E-state index contributed by atoms with van der Waals surface area (Å²) in [5, 5.41) is 3.01. The summed E-state index contributed by atoms with van der Waals surface area (Å²) >= 11 is 5.97. The van der Waals surface area contributed by atoms with Crippen molar-refractivity contribution in [2.45, 2.75) is 23.8 Å². The lowest BCUT2D eigenvalue weighted by atomic mass is 9.97. The van der Waals surface area contributed by atoms with Crippen LogP contribution >= 0.6 is 11.6 Å². The van der Waals surface area contributed by atoms with E-state index in [0.717, 1.165) is 5.56 Å². The summed E-state index contributed by atoms with van der Waals surface area (Å²) in [5.41, 5.74) is 1.14.